The second-order valence-corrected chi connectivity index (χ2v) is 4.64. The lowest BCUT2D eigenvalue weighted by molar-refractivity contribution is 1.12. The van der Waals surface area contributed by atoms with Crippen molar-refractivity contribution in [3.63, 3.8) is 0 Å². The lowest BCUT2D eigenvalue weighted by atomic mass is 10.2. The molecule has 0 heterocycles. The molecule has 0 fully saturated rings. The van der Waals surface area contributed by atoms with Crippen LogP contribution in [0.3, 0.4) is 0 Å². The highest BCUT2D eigenvalue weighted by Crippen LogP contribution is 2.29. The van der Waals surface area contributed by atoms with E-state index in [2.05, 4.69) is 55.8 Å². The molecule has 1 nitrogen and oxygen atoms in total. The Morgan fingerprint density at radius 2 is 1.50 bits per heavy atom. The summed E-state index contributed by atoms with van der Waals surface area (Å²) in [7, 11) is 4.06. The molecule has 1 aromatic carbocycles. The fraction of sp³-hybridized carbons (Fsp3) is 0.333. The summed E-state index contributed by atoms with van der Waals surface area (Å²) in [6.45, 7) is 2.08. The maximum absolute atomic E-state index is 3.51. The summed E-state index contributed by atoms with van der Waals surface area (Å²) in [5.74, 6) is 0. The maximum Gasteiger partial charge on any atom is 0.0383 e. The zero-order valence-corrected chi connectivity index (χ0v) is 10.5. The third kappa shape index (κ3) is 2.02. The third-order valence-corrected chi connectivity index (χ3v) is 3.43. The lowest BCUT2D eigenvalue weighted by Gasteiger charge is -2.14. The van der Waals surface area contributed by atoms with Crippen LogP contribution in [-0.2, 0) is 0 Å². The average molecular weight is 293 g/mol. The van der Waals surface area contributed by atoms with E-state index in [-0.39, 0.29) is 0 Å². The monoisotopic (exact) mass is 291 g/mol. The first-order chi connectivity index (χ1) is 5.52. The number of hydrogen-bond acceptors (Lipinski definition) is 1. The number of hydrogen-bond donors (Lipinski definition) is 0. The van der Waals surface area contributed by atoms with Gasteiger partial charge in [0.05, 0.1) is 0 Å². The minimum absolute atomic E-state index is 1.14. The zero-order chi connectivity index (χ0) is 9.30. The molecular weight excluding hydrogens is 282 g/mol. The van der Waals surface area contributed by atoms with Crippen molar-refractivity contribution >= 4 is 37.5 Å². The van der Waals surface area contributed by atoms with Gasteiger partial charge in [0.15, 0.2) is 0 Å². The second kappa shape index (κ2) is 3.79. The standard InChI is InChI=1S/C9H11Br2N/c1-6-8(10)4-7(12(2)3)5-9(6)11/h4-5H,1-3H3. The van der Waals surface area contributed by atoms with Crippen molar-refractivity contribution < 1.29 is 0 Å². The Balaban J connectivity index is 3.21. The molecule has 0 unspecified atom stereocenters. The van der Waals surface area contributed by atoms with Crippen LogP contribution in [0.2, 0.25) is 0 Å². The molecular formula is C9H11Br2N. The molecule has 0 bridgehead atoms. The van der Waals surface area contributed by atoms with E-state index in [1.807, 2.05) is 14.1 Å². The molecule has 0 aliphatic heterocycles. The molecule has 0 amide bonds. The van der Waals surface area contributed by atoms with Gasteiger partial charge >= 0.3 is 0 Å². The summed E-state index contributed by atoms with van der Waals surface area (Å²) in [4.78, 5) is 2.08. The Kier molecular flexibility index (Phi) is 3.18. The molecule has 3 heteroatoms. The Labute approximate surface area is 90.0 Å². The summed E-state index contributed by atoms with van der Waals surface area (Å²) in [5.41, 5.74) is 2.43. The quantitative estimate of drug-likeness (QED) is 0.765. The Hall–Kier alpha value is -0.0200. The first-order valence-corrected chi connectivity index (χ1v) is 5.24. The highest BCUT2D eigenvalue weighted by molar-refractivity contribution is 9.11. The number of anilines is 1. The molecule has 0 aromatic heterocycles. The van der Waals surface area contributed by atoms with Gasteiger partial charge in [0.25, 0.3) is 0 Å². The molecule has 0 aliphatic rings. The molecule has 0 saturated heterocycles. The van der Waals surface area contributed by atoms with Gasteiger partial charge in [-0.25, -0.2) is 0 Å². The van der Waals surface area contributed by atoms with E-state index < -0.39 is 0 Å². The van der Waals surface area contributed by atoms with Gasteiger partial charge in [-0.1, -0.05) is 31.9 Å². The SMILES string of the molecule is Cc1c(Br)cc(N(C)C)cc1Br. The number of rotatable bonds is 1. The first-order valence-electron chi connectivity index (χ1n) is 3.65. The number of halogens is 2. The van der Waals surface area contributed by atoms with Crippen LogP contribution in [0.4, 0.5) is 5.69 Å². The fourth-order valence-corrected chi connectivity index (χ4v) is 2.05. The maximum atomic E-state index is 3.51. The van der Waals surface area contributed by atoms with E-state index in [0.29, 0.717) is 0 Å². The summed E-state index contributed by atoms with van der Waals surface area (Å²) in [6, 6.07) is 4.22. The molecule has 0 radical (unpaired) electrons. The highest BCUT2D eigenvalue weighted by Gasteiger charge is 2.03. The van der Waals surface area contributed by atoms with Gasteiger partial charge < -0.3 is 4.90 Å². The molecule has 12 heavy (non-hydrogen) atoms. The van der Waals surface area contributed by atoms with Crippen molar-refractivity contribution in [3.8, 4) is 0 Å². The van der Waals surface area contributed by atoms with Crippen LogP contribution >= 0.6 is 31.9 Å². The van der Waals surface area contributed by atoms with Gasteiger partial charge in [-0.3, -0.25) is 0 Å². The predicted octanol–water partition coefficient (Wildman–Crippen LogP) is 3.59. The van der Waals surface area contributed by atoms with E-state index in [1.54, 1.807) is 0 Å². The smallest absolute Gasteiger partial charge is 0.0383 e. The Morgan fingerprint density at radius 1 is 1.08 bits per heavy atom. The van der Waals surface area contributed by atoms with Gasteiger partial charge in [-0.15, -0.1) is 0 Å². The van der Waals surface area contributed by atoms with Gasteiger partial charge in [0, 0.05) is 28.7 Å². The van der Waals surface area contributed by atoms with Gasteiger partial charge in [0.2, 0.25) is 0 Å². The van der Waals surface area contributed by atoms with Crippen molar-refractivity contribution in [1.82, 2.24) is 0 Å². The summed E-state index contributed by atoms with van der Waals surface area (Å²) >= 11 is 7.02. The molecule has 1 aromatic rings. The Bertz CT molecular complexity index is 272. The van der Waals surface area contributed by atoms with Crippen LogP contribution in [0.15, 0.2) is 21.1 Å². The van der Waals surface area contributed by atoms with Crippen molar-refractivity contribution in [1.29, 1.82) is 0 Å². The van der Waals surface area contributed by atoms with Crippen LogP contribution in [0, 0.1) is 6.92 Å². The third-order valence-electron chi connectivity index (χ3n) is 1.78. The molecule has 0 atom stereocenters. The van der Waals surface area contributed by atoms with Crippen LogP contribution < -0.4 is 4.90 Å². The minimum Gasteiger partial charge on any atom is -0.378 e. The lowest BCUT2D eigenvalue weighted by Crippen LogP contribution is -2.08. The van der Waals surface area contributed by atoms with Gasteiger partial charge in [0.1, 0.15) is 0 Å². The fourth-order valence-electron chi connectivity index (χ4n) is 0.890. The summed E-state index contributed by atoms with van der Waals surface area (Å²) in [5, 5.41) is 0. The topological polar surface area (TPSA) is 3.24 Å². The van der Waals surface area contributed by atoms with Crippen LogP contribution in [-0.4, -0.2) is 14.1 Å². The molecule has 66 valence electrons. The number of nitrogens with zero attached hydrogens (tertiary/aromatic N) is 1. The molecule has 1 rings (SSSR count). The first kappa shape index (κ1) is 10.1. The van der Waals surface area contributed by atoms with E-state index in [1.165, 1.54) is 11.3 Å². The van der Waals surface area contributed by atoms with Crippen molar-refractivity contribution in [2.24, 2.45) is 0 Å². The van der Waals surface area contributed by atoms with E-state index in [4.69, 9.17) is 0 Å². The second-order valence-electron chi connectivity index (χ2n) is 2.93. The normalized spacial score (nSPS) is 10.1. The van der Waals surface area contributed by atoms with Crippen molar-refractivity contribution in [3.05, 3.63) is 26.6 Å². The van der Waals surface area contributed by atoms with E-state index >= 15 is 0 Å². The summed E-state index contributed by atoms with van der Waals surface area (Å²) < 4.78 is 2.28. The van der Waals surface area contributed by atoms with Crippen molar-refractivity contribution in [2.75, 3.05) is 19.0 Å². The minimum atomic E-state index is 1.14. The summed E-state index contributed by atoms with van der Waals surface area (Å²) in [6.07, 6.45) is 0. The largest absolute Gasteiger partial charge is 0.378 e. The van der Waals surface area contributed by atoms with E-state index in [0.717, 1.165) is 8.95 Å². The highest BCUT2D eigenvalue weighted by atomic mass is 79.9. The van der Waals surface area contributed by atoms with E-state index in [9.17, 15) is 0 Å². The van der Waals surface area contributed by atoms with Crippen LogP contribution in [0.25, 0.3) is 0 Å². The number of benzene rings is 1. The molecule has 0 spiro atoms. The molecule has 0 aliphatic carbocycles. The molecule has 0 N–H and O–H groups in total. The zero-order valence-electron chi connectivity index (χ0n) is 7.36. The predicted molar refractivity (Wildman–Crippen MR) is 60.9 cm³/mol. The van der Waals surface area contributed by atoms with Crippen molar-refractivity contribution in [2.45, 2.75) is 6.92 Å². The average Bonchev–Trinajstić information content (AvgIpc) is 1.99. The van der Waals surface area contributed by atoms with Gasteiger partial charge in [-0.05, 0) is 24.6 Å². The van der Waals surface area contributed by atoms with Gasteiger partial charge in [-0.2, -0.15) is 0 Å². The van der Waals surface area contributed by atoms with Crippen LogP contribution in [0.5, 0.6) is 0 Å². The molecule has 0 saturated carbocycles. The Morgan fingerprint density at radius 3 is 1.83 bits per heavy atom. The van der Waals surface area contributed by atoms with Crippen LogP contribution in [0.1, 0.15) is 5.56 Å².